The number of aliphatic hydroxyl groups is 2. The minimum Gasteiger partial charge on any atom is -0.394 e. The Hall–Kier alpha value is -3.02. The number of aromatic amines is 1. The molecule has 7 atom stereocenters. The van der Waals surface area contributed by atoms with Crippen LogP contribution in [0.1, 0.15) is 30.9 Å². The number of rotatable bonds is 8. The Morgan fingerprint density at radius 2 is 1.92 bits per heavy atom. The number of ether oxygens (including phenoxy) is 2. The molecule has 2 saturated heterocycles. The molecule has 0 aromatic carbocycles. The molecule has 0 bridgehead atoms. The lowest BCUT2D eigenvalue weighted by atomic mass is 10.2. The van der Waals surface area contributed by atoms with Crippen LogP contribution in [0.15, 0.2) is 28.4 Å². The average Bonchev–Trinajstić information content (AvgIpc) is 3.57. The highest BCUT2D eigenvalue weighted by molar-refractivity contribution is 7.47. The Balaban J connectivity index is 1.22. The van der Waals surface area contributed by atoms with Crippen molar-refractivity contribution < 1.29 is 38.2 Å². The molecule has 0 aliphatic carbocycles. The lowest BCUT2D eigenvalue weighted by Gasteiger charge is -2.22. The maximum absolute atomic E-state index is 12.7. The number of nitrogens with zero attached hydrogens (tertiary/aromatic N) is 5. The summed E-state index contributed by atoms with van der Waals surface area (Å²) in [6.45, 7) is 0.464. The number of anilines is 1. The largest absolute Gasteiger partial charge is 0.472 e. The van der Waals surface area contributed by atoms with Crippen LogP contribution in [-0.4, -0.2) is 81.8 Å². The molecule has 0 spiro atoms. The van der Waals surface area contributed by atoms with Gasteiger partial charge >= 0.3 is 13.5 Å². The molecule has 1 unspecified atom stereocenters. The number of hydrogen-bond acceptors (Lipinski definition) is 13. The summed E-state index contributed by atoms with van der Waals surface area (Å²) in [5.41, 5.74) is 5.55. The lowest BCUT2D eigenvalue weighted by molar-refractivity contribution is -0.0567. The molecule has 2 aliphatic rings. The molecule has 6 N–H and O–H groups in total. The molecule has 0 amide bonds. The van der Waals surface area contributed by atoms with Crippen LogP contribution in [0.25, 0.3) is 11.2 Å². The van der Waals surface area contributed by atoms with Gasteiger partial charge in [-0.3, -0.25) is 28.0 Å². The number of phosphoric ester groups is 1. The second kappa shape index (κ2) is 10.3. The van der Waals surface area contributed by atoms with E-state index in [-0.39, 0.29) is 24.2 Å². The summed E-state index contributed by atoms with van der Waals surface area (Å²) in [5.74, 6) is 0.172. The fraction of sp³-hybridized carbons (Fsp3) is 0.550. The van der Waals surface area contributed by atoms with Gasteiger partial charge in [0.05, 0.1) is 25.6 Å². The first-order valence-corrected chi connectivity index (χ1v) is 13.1. The van der Waals surface area contributed by atoms with Crippen LogP contribution >= 0.6 is 7.82 Å². The number of fused-ring (bicyclic) bond motifs is 1. The molecule has 0 saturated carbocycles. The maximum Gasteiger partial charge on any atom is 0.472 e. The Morgan fingerprint density at radius 1 is 1.18 bits per heavy atom. The SMILES string of the molecule is Cc1cn([C@H]2C[C@@H](O)[C@@H](COP(=O)(O)O[C@@H]3C[C@H](n4cnc5c(N)ncnc54)O[C@@H]3CO)O2)c(=O)[nH]c1=O. The van der Waals surface area contributed by atoms with E-state index in [0.717, 1.165) is 4.57 Å². The molecule has 2 aliphatic heterocycles. The molecule has 5 heterocycles. The summed E-state index contributed by atoms with van der Waals surface area (Å²) < 4.78 is 37.2. The number of aromatic nitrogens is 6. The van der Waals surface area contributed by atoms with Crippen LogP contribution in [0.4, 0.5) is 5.82 Å². The van der Waals surface area contributed by atoms with Crippen LogP contribution in [0, 0.1) is 6.92 Å². The van der Waals surface area contributed by atoms with E-state index < -0.39 is 69.2 Å². The van der Waals surface area contributed by atoms with Crippen molar-refractivity contribution in [3.63, 3.8) is 0 Å². The second-order valence-corrected chi connectivity index (χ2v) is 10.4. The standard InChI is InChI=1S/C20H26N7O10P/c1-9-4-26(20(31)25-19(9)30)14-2-10(29)13(36-14)6-34-38(32,33)37-11-3-15(35-12(11)5-28)27-8-24-16-17(21)22-7-23-18(16)27/h4,7-8,10-15,28-29H,2-3,5-6H2,1H3,(H,32,33)(H2,21,22,23)(H,25,30,31)/t10-,11-,12-,13-,14-,15-/m1/s1. The number of aliphatic hydroxyl groups excluding tert-OH is 2. The van der Waals surface area contributed by atoms with Crippen LogP contribution < -0.4 is 17.0 Å². The smallest absolute Gasteiger partial charge is 0.394 e. The molecular weight excluding hydrogens is 529 g/mol. The van der Waals surface area contributed by atoms with Crippen LogP contribution in [0.2, 0.25) is 0 Å². The van der Waals surface area contributed by atoms with Crippen molar-refractivity contribution in [2.75, 3.05) is 18.9 Å². The van der Waals surface area contributed by atoms with Crippen molar-refractivity contribution in [3.8, 4) is 0 Å². The monoisotopic (exact) mass is 555 g/mol. The third-order valence-corrected chi connectivity index (χ3v) is 7.40. The molecule has 206 valence electrons. The second-order valence-electron chi connectivity index (χ2n) is 8.95. The average molecular weight is 555 g/mol. The van der Waals surface area contributed by atoms with Gasteiger partial charge in [0.2, 0.25) is 0 Å². The van der Waals surface area contributed by atoms with Gasteiger partial charge in [-0.05, 0) is 6.92 Å². The number of nitrogens with two attached hydrogens (primary N) is 1. The lowest BCUT2D eigenvalue weighted by Crippen LogP contribution is -2.33. The van der Waals surface area contributed by atoms with Gasteiger partial charge in [-0.2, -0.15) is 0 Å². The third-order valence-electron chi connectivity index (χ3n) is 6.39. The summed E-state index contributed by atoms with van der Waals surface area (Å²) in [5, 5.41) is 20.1. The highest BCUT2D eigenvalue weighted by atomic mass is 31.2. The van der Waals surface area contributed by atoms with Crippen molar-refractivity contribution in [2.24, 2.45) is 0 Å². The molecular formula is C20H26N7O10P. The summed E-state index contributed by atoms with van der Waals surface area (Å²) in [6, 6.07) is 0. The molecule has 17 nitrogen and oxygen atoms in total. The van der Waals surface area contributed by atoms with E-state index >= 15 is 0 Å². The zero-order valence-corrected chi connectivity index (χ0v) is 20.9. The number of H-pyrrole nitrogens is 1. The fourth-order valence-corrected chi connectivity index (χ4v) is 5.39. The van der Waals surface area contributed by atoms with Crippen LogP contribution in [0.5, 0.6) is 0 Å². The molecule has 3 aromatic rings. The summed E-state index contributed by atoms with van der Waals surface area (Å²) in [7, 11) is -4.71. The van der Waals surface area contributed by atoms with E-state index in [9.17, 15) is 29.3 Å². The van der Waals surface area contributed by atoms with Gasteiger partial charge in [-0.15, -0.1) is 0 Å². The van der Waals surface area contributed by atoms with Crippen molar-refractivity contribution in [1.29, 1.82) is 0 Å². The van der Waals surface area contributed by atoms with E-state index in [1.165, 1.54) is 25.8 Å². The Labute approximate surface area is 213 Å². The van der Waals surface area contributed by atoms with Gasteiger partial charge < -0.3 is 30.3 Å². The van der Waals surface area contributed by atoms with Gasteiger partial charge in [0, 0.05) is 24.6 Å². The van der Waals surface area contributed by atoms with Crippen molar-refractivity contribution in [3.05, 3.63) is 45.3 Å². The highest BCUT2D eigenvalue weighted by Gasteiger charge is 2.43. The van der Waals surface area contributed by atoms with Crippen LogP contribution in [-0.2, 0) is 23.1 Å². The Morgan fingerprint density at radius 3 is 2.68 bits per heavy atom. The van der Waals surface area contributed by atoms with Gasteiger partial charge in [0.1, 0.15) is 42.6 Å². The van der Waals surface area contributed by atoms with Crippen LogP contribution in [0.3, 0.4) is 0 Å². The van der Waals surface area contributed by atoms with Gasteiger partial charge in [0.25, 0.3) is 5.56 Å². The van der Waals surface area contributed by atoms with Crippen molar-refractivity contribution in [1.82, 2.24) is 29.1 Å². The van der Waals surface area contributed by atoms with E-state index in [4.69, 9.17) is 24.3 Å². The third kappa shape index (κ3) is 5.14. The molecule has 18 heteroatoms. The minimum absolute atomic E-state index is 0.0202. The number of imidazole rings is 1. The molecule has 5 rings (SSSR count). The maximum atomic E-state index is 12.7. The number of nitrogen functional groups attached to an aromatic ring is 1. The number of nitrogens with one attached hydrogen (secondary N) is 1. The highest BCUT2D eigenvalue weighted by Crippen LogP contribution is 2.49. The summed E-state index contributed by atoms with van der Waals surface area (Å²) in [6.07, 6.45) is -1.84. The van der Waals surface area contributed by atoms with E-state index in [1.54, 1.807) is 4.57 Å². The topological polar surface area (TPSA) is 239 Å². The fourth-order valence-electron chi connectivity index (χ4n) is 4.43. The first kappa shape index (κ1) is 26.6. The Kier molecular flexibility index (Phi) is 7.19. The van der Waals surface area contributed by atoms with Gasteiger partial charge in [0.15, 0.2) is 11.5 Å². The molecule has 0 radical (unpaired) electrons. The Bertz CT molecular complexity index is 1490. The number of phosphoric acid groups is 1. The molecule has 2 fully saturated rings. The normalized spacial score (nSPS) is 29.2. The van der Waals surface area contributed by atoms with Crippen molar-refractivity contribution >= 4 is 24.8 Å². The van der Waals surface area contributed by atoms with Gasteiger partial charge in [-0.1, -0.05) is 0 Å². The predicted molar refractivity (Wildman–Crippen MR) is 127 cm³/mol. The zero-order valence-electron chi connectivity index (χ0n) is 20.0. The number of aryl methyl sites for hydroxylation is 1. The first-order valence-electron chi connectivity index (χ1n) is 11.6. The quantitative estimate of drug-likeness (QED) is 0.203. The molecule has 38 heavy (non-hydrogen) atoms. The minimum atomic E-state index is -4.71. The molecule has 3 aromatic heterocycles. The first-order chi connectivity index (χ1) is 18.1. The van der Waals surface area contributed by atoms with E-state index in [0.29, 0.717) is 11.2 Å². The van der Waals surface area contributed by atoms with E-state index in [2.05, 4.69) is 19.9 Å². The number of hydrogen-bond donors (Lipinski definition) is 5. The summed E-state index contributed by atoms with van der Waals surface area (Å²) in [4.78, 5) is 48.4. The van der Waals surface area contributed by atoms with Crippen molar-refractivity contribution in [2.45, 2.75) is 56.6 Å². The zero-order chi connectivity index (χ0) is 27.2. The summed E-state index contributed by atoms with van der Waals surface area (Å²) >= 11 is 0. The predicted octanol–water partition coefficient (Wildman–Crippen LogP) is -1.30. The van der Waals surface area contributed by atoms with E-state index in [1.807, 2.05) is 0 Å². The van der Waals surface area contributed by atoms with Gasteiger partial charge in [-0.25, -0.2) is 24.3 Å².